The summed E-state index contributed by atoms with van der Waals surface area (Å²) in [6.07, 6.45) is 8.11. The Morgan fingerprint density at radius 3 is 2.06 bits per heavy atom. The predicted octanol–water partition coefficient (Wildman–Crippen LogP) is 6.00. The summed E-state index contributed by atoms with van der Waals surface area (Å²) < 4.78 is 0. The standard InChI is InChI=1S/C17H32.U/c1-9-12-16(6,7)15(5)17(8,11-3)13-14(4)10-2;/h9,12,14H,5,10-11,13H2,1-4,6-8H3;/b12-9-;. The van der Waals surface area contributed by atoms with Gasteiger partial charge in [-0.3, -0.25) is 0 Å². The van der Waals surface area contributed by atoms with Gasteiger partial charge in [-0.1, -0.05) is 72.3 Å². The van der Waals surface area contributed by atoms with Crippen LogP contribution in [0.2, 0.25) is 0 Å². The zero-order chi connectivity index (χ0) is 13.7. The SMILES string of the molecule is C=C(C(C)(C)/C=C\C)C(C)(CC)CC(C)CC.[U]. The van der Waals surface area contributed by atoms with Crippen molar-refractivity contribution in [3.63, 3.8) is 0 Å². The van der Waals surface area contributed by atoms with Crippen LogP contribution in [-0.4, -0.2) is 0 Å². The molecule has 0 nitrogen and oxygen atoms in total. The van der Waals surface area contributed by atoms with Crippen LogP contribution in [-0.2, 0) is 0 Å². The Morgan fingerprint density at radius 2 is 1.72 bits per heavy atom. The van der Waals surface area contributed by atoms with E-state index in [0.29, 0.717) is 0 Å². The molecule has 2 unspecified atom stereocenters. The van der Waals surface area contributed by atoms with Crippen LogP contribution < -0.4 is 0 Å². The number of allylic oxidation sites excluding steroid dienone is 3. The van der Waals surface area contributed by atoms with Crippen molar-refractivity contribution in [2.75, 3.05) is 0 Å². The van der Waals surface area contributed by atoms with Crippen molar-refractivity contribution < 1.29 is 31.1 Å². The van der Waals surface area contributed by atoms with E-state index in [-0.39, 0.29) is 41.9 Å². The largest absolute Gasteiger partial charge is 0.0985 e. The Balaban J connectivity index is 0. The van der Waals surface area contributed by atoms with Crippen LogP contribution in [0.3, 0.4) is 0 Å². The molecule has 0 spiro atoms. The van der Waals surface area contributed by atoms with Crippen LogP contribution in [0.25, 0.3) is 0 Å². The smallest absolute Gasteiger partial charge is 0.00368 e. The molecule has 0 heterocycles. The first-order valence-electron chi connectivity index (χ1n) is 7.07. The minimum absolute atomic E-state index is 0. The van der Waals surface area contributed by atoms with E-state index < -0.39 is 0 Å². The van der Waals surface area contributed by atoms with E-state index >= 15 is 0 Å². The van der Waals surface area contributed by atoms with Crippen molar-refractivity contribution in [1.29, 1.82) is 0 Å². The third-order valence-electron chi connectivity index (χ3n) is 4.37. The van der Waals surface area contributed by atoms with Crippen molar-refractivity contribution >= 4 is 0 Å². The maximum Gasteiger partial charge on any atom is 0.00368 e. The number of hydrogen-bond acceptors (Lipinski definition) is 0. The van der Waals surface area contributed by atoms with E-state index in [9.17, 15) is 0 Å². The van der Waals surface area contributed by atoms with Crippen LogP contribution >= 0.6 is 0 Å². The summed E-state index contributed by atoms with van der Waals surface area (Å²) >= 11 is 0. The first kappa shape index (κ1) is 20.8. The molecule has 0 aromatic carbocycles. The Kier molecular flexibility index (Phi) is 10.0. The van der Waals surface area contributed by atoms with Crippen LogP contribution in [0.15, 0.2) is 24.3 Å². The Bertz CT molecular complexity index is 275. The predicted molar refractivity (Wildman–Crippen MR) is 80.2 cm³/mol. The maximum absolute atomic E-state index is 4.42. The molecule has 1 heteroatoms. The first-order valence-corrected chi connectivity index (χ1v) is 7.07. The van der Waals surface area contributed by atoms with Crippen LogP contribution in [0.4, 0.5) is 0 Å². The van der Waals surface area contributed by atoms with Gasteiger partial charge in [0.15, 0.2) is 0 Å². The molecule has 0 aliphatic rings. The summed E-state index contributed by atoms with van der Waals surface area (Å²) in [5, 5.41) is 0. The molecule has 0 aromatic heterocycles. The van der Waals surface area contributed by atoms with E-state index in [4.69, 9.17) is 0 Å². The quantitative estimate of drug-likeness (QED) is 0.397. The topological polar surface area (TPSA) is 0 Å². The van der Waals surface area contributed by atoms with Gasteiger partial charge in [-0.25, -0.2) is 0 Å². The summed E-state index contributed by atoms with van der Waals surface area (Å²) in [4.78, 5) is 0. The van der Waals surface area contributed by atoms with Gasteiger partial charge in [-0.15, -0.1) is 0 Å². The summed E-state index contributed by atoms with van der Waals surface area (Å²) in [7, 11) is 0. The molecule has 0 saturated carbocycles. The summed E-state index contributed by atoms with van der Waals surface area (Å²) in [6, 6.07) is 0. The van der Waals surface area contributed by atoms with Gasteiger partial charge < -0.3 is 0 Å². The minimum atomic E-state index is 0. The van der Waals surface area contributed by atoms with Gasteiger partial charge in [0.2, 0.25) is 0 Å². The molecule has 0 saturated heterocycles. The monoisotopic (exact) mass is 474 g/mol. The Hall–Kier alpha value is 0.532. The van der Waals surface area contributed by atoms with Gasteiger partial charge in [0, 0.05) is 36.5 Å². The van der Waals surface area contributed by atoms with E-state index in [2.05, 4.69) is 67.2 Å². The maximum atomic E-state index is 4.42. The minimum Gasteiger partial charge on any atom is -0.0985 e. The molecular weight excluding hydrogens is 442 g/mol. The molecular formula is C17H32U. The van der Waals surface area contributed by atoms with E-state index in [1.807, 2.05) is 0 Å². The zero-order valence-corrected chi connectivity index (χ0v) is 17.7. The van der Waals surface area contributed by atoms with Gasteiger partial charge in [0.05, 0.1) is 0 Å². The van der Waals surface area contributed by atoms with E-state index in [0.717, 1.165) is 5.92 Å². The Morgan fingerprint density at radius 1 is 1.22 bits per heavy atom. The molecule has 18 heavy (non-hydrogen) atoms. The molecule has 0 aliphatic carbocycles. The number of rotatable bonds is 7. The number of hydrogen-bond donors (Lipinski definition) is 0. The van der Waals surface area contributed by atoms with Crippen LogP contribution in [0.5, 0.6) is 0 Å². The van der Waals surface area contributed by atoms with Gasteiger partial charge in [-0.2, -0.15) is 0 Å². The van der Waals surface area contributed by atoms with Gasteiger partial charge in [-0.05, 0) is 31.1 Å². The fourth-order valence-electron chi connectivity index (χ4n) is 2.69. The molecule has 0 N–H and O–H groups in total. The second-order valence-electron chi connectivity index (χ2n) is 6.33. The molecule has 0 radical (unpaired) electrons. The van der Waals surface area contributed by atoms with E-state index in [1.165, 1.54) is 24.8 Å². The second-order valence-corrected chi connectivity index (χ2v) is 6.33. The summed E-state index contributed by atoms with van der Waals surface area (Å²) in [5.41, 5.74) is 1.75. The molecule has 104 valence electrons. The molecule has 0 rings (SSSR count). The van der Waals surface area contributed by atoms with Crippen molar-refractivity contribution in [1.82, 2.24) is 0 Å². The van der Waals surface area contributed by atoms with Crippen LogP contribution in [0.1, 0.15) is 67.7 Å². The zero-order valence-electron chi connectivity index (χ0n) is 13.6. The first-order chi connectivity index (χ1) is 7.73. The van der Waals surface area contributed by atoms with Gasteiger partial charge in [0.1, 0.15) is 0 Å². The normalized spacial score (nSPS) is 17.1. The van der Waals surface area contributed by atoms with Crippen LogP contribution in [0, 0.1) is 47.9 Å². The molecule has 0 fully saturated rings. The van der Waals surface area contributed by atoms with Crippen molar-refractivity contribution in [2.45, 2.75) is 67.7 Å². The summed E-state index contributed by atoms with van der Waals surface area (Å²) in [6.45, 7) is 20.4. The van der Waals surface area contributed by atoms with Crippen molar-refractivity contribution in [3.05, 3.63) is 24.3 Å². The molecule has 0 aromatic rings. The second kappa shape index (κ2) is 8.65. The Labute approximate surface area is 139 Å². The van der Waals surface area contributed by atoms with Crippen molar-refractivity contribution in [3.8, 4) is 0 Å². The van der Waals surface area contributed by atoms with Gasteiger partial charge in [0.25, 0.3) is 0 Å². The van der Waals surface area contributed by atoms with Crippen molar-refractivity contribution in [2.24, 2.45) is 16.7 Å². The third kappa shape index (κ3) is 5.67. The molecule has 0 bridgehead atoms. The summed E-state index contributed by atoms with van der Waals surface area (Å²) in [5.74, 6) is 0.776. The van der Waals surface area contributed by atoms with Gasteiger partial charge >= 0.3 is 0 Å². The molecule has 0 amide bonds. The van der Waals surface area contributed by atoms with E-state index in [1.54, 1.807) is 0 Å². The molecule has 0 aliphatic heterocycles. The third-order valence-corrected chi connectivity index (χ3v) is 4.37. The fraction of sp³-hybridized carbons (Fsp3) is 0.765. The fourth-order valence-corrected chi connectivity index (χ4v) is 2.69. The average Bonchev–Trinajstić information content (AvgIpc) is 2.27. The molecule has 2 atom stereocenters. The average molecular weight is 474 g/mol.